The van der Waals surface area contributed by atoms with E-state index in [-0.39, 0.29) is 10.2 Å². The molecule has 0 aromatic heterocycles. The zero-order valence-electron chi connectivity index (χ0n) is 13.4. The number of quaternary nitrogens is 1. The number of aliphatic hydroxyl groups excluding tert-OH is 1. The van der Waals surface area contributed by atoms with Crippen molar-refractivity contribution in [1.82, 2.24) is 0 Å². The first-order chi connectivity index (χ1) is 9.87. The van der Waals surface area contributed by atoms with Crippen LogP contribution >= 0.6 is 0 Å². The lowest BCUT2D eigenvalue weighted by molar-refractivity contribution is -0.891. The molecule has 0 fully saturated rings. The van der Waals surface area contributed by atoms with Gasteiger partial charge >= 0.3 is 5.92 Å². The van der Waals surface area contributed by atoms with Crippen molar-refractivity contribution >= 4 is 5.78 Å². The van der Waals surface area contributed by atoms with Crippen LogP contribution < -0.4 is 0 Å². The summed E-state index contributed by atoms with van der Waals surface area (Å²) in [6.07, 6.45) is 5.42. The van der Waals surface area contributed by atoms with Gasteiger partial charge in [-0.05, 0) is 19.3 Å². The summed E-state index contributed by atoms with van der Waals surface area (Å²) >= 11 is 0. The molecule has 21 heavy (non-hydrogen) atoms. The van der Waals surface area contributed by atoms with E-state index in [0.29, 0.717) is 19.6 Å². The molecule has 3 nitrogen and oxygen atoms in total. The number of carbonyl (C=O) groups is 1. The number of hydrogen-bond donors (Lipinski definition) is 1. The number of carbonyl (C=O) groups excluding carboxylic acids is 1. The standard InChI is InChI=1S/C16H27F2NO2/c1-4-7-10-19(11-8-5-2,12-9-6-3)13-14(20)16(17,18)15(13)21/h4-12H2,1-3H3/p+1. The molecular weight excluding hydrogens is 276 g/mol. The van der Waals surface area contributed by atoms with E-state index in [0.717, 1.165) is 38.5 Å². The number of hydrogen-bond acceptors (Lipinski definition) is 2. The molecule has 1 N–H and O–H groups in total. The third kappa shape index (κ3) is 3.44. The normalized spacial score (nSPS) is 18.0. The van der Waals surface area contributed by atoms with E-state index in [4.69, 9.17) is 0 Å². The first-order valence-corrected chi connectivity index (χ1v) is 8.10. The molecule has 0 bridgehead atoms. The van der Waals surface area contributed by atoms with Crippen LogP contribution in [0.3, 0.4) is 0 Å². The van der Waals surface area contributed by atoms with E-state index in [1.54, 1.807) is 0 Å². The molecule has 0 aliphatic heterocycles. The SMILES string of the molecule is CCCC[N+](CCCC)(CCCC)C1=C(O)C(F)(F)C1=O. The first kappa shape index (κ1) is 18.1. The van der Waals surface area contributed by atoms with E-state index in [1.807, 2.05) is 20.8 Å². The maximum atomic E-state index is 13.4. The van der Waals surface area contributed by atoms with Crippen molar-refractivity contribution in [3.63, 3.8) is 0 Å². The zero-order chi connectivity index (χ0) is 16.1. The van der Waals surface area contributed by atoms with Gasteiger partial charge in [0.2, 0.25) is 11.5 Å². The fraction of sp³-hybridized carbons (Fsp3) is 0.812. The molecule has 0 spiro atoms. The van der Waals surface area contributed by atoms with Gasteiger partial charge in [-0.25, -0.2) is 0 Å². The Morgan fingerprint density at radius 2 is 1.33 bits per heavy atom. The van der Waals surface area contributed by atoms with Crippen molar-refractivity contribution in [1.29, 1.82) is 0 Å². The van der Waals surface area contributed by atoms with Crippen LogP contribution in [-0.2, 0) is 4.79 Å². The Bertz CT molecular complexity index is 383. The van der Waals surface area contributed by atoms with E-state index >= 15 is 0 Å². The van der Waals surface area contributed by atoms with E-state index in [9.17, 15) is 18.7 Å². The summed E-state index contributed by atoms with van der Waals surface area (Å²) < 4.78 is 27.0. The number of Topliss-reactive ketones (excluding diaryl/α,β-unsaturated/α-hetero) is 1. The Kier molecular flexibility index (Phi) is 6.32. The molecule has 0 amide bonds. The van der Waals surface area contributed by atoms with E-state index in [2.05, 4.69) is 0 Å². The Labute approximate surface area is 126 Å². The van der Waals surface area contributed by atoms with Crippen molar-refractivity contribution in [3.8, 4) is 0 Å². The van der Waals surface area contributed by atoms with Crippen LogP contribution in [0.15, 0.2) is 11.5 Å². The summed E-state index contributed by atoms with van der Waals surface area (Å²) in [6.45, 7) is 8.08. The third-order valence-corrected chi connectivity index (χ3v) is 4.32. The minimum Gasteiger partial charge on any atom is -0.502 e. The Hall–Kier alpha value is -0.970. The monoisotopic (exact) mass is 304 g/mol. The summed E-state index contributed by atoms with van der Waals surface area (Å²) in [5.41, 5.74) is -0.0321. The number of ketones is 1. The van der Waals surface area contributed by atoms with Crippen molar-refractivity contribution < 1.29 is 23.2 Å². The summed E-state index contributed by atoms with van der Waals surface area (Å²) in [6, 6.07) is 0. The molecule has 0 atom stereocenters. The zero-order valence-corrected chi connectivity index (χ0v) is 13.4. The molecule has 1 aliphatic carbocycles. The number of nitrogens with zero attached hydrogens (tertiary/aromatic N) is 1. The summed E-state index contributed by atoms with van der Waals surface area (Å²) in [5.74, 6) is -5.83. The van der Waals surface area contributed by atoms with Crippen molar-refractivity contribution in [2.75, 3.05) is 19.6 Å². The fourth-order valence-electron chi connectivity index (χ4n) is 2.94. The molecular formula is C16H28F2NO2+. The summed E-state index contributed by atoms with van der Waals surface area (Å²) in [5, 5.41) is 9.73. The first-order valence-electron chi connectivity index (χ1n) is 8.10. The maximum Gasteiger partial charge on any atom is 0.377 e. The van der Waals surface area contributed by atoms with Crippen LogP contribution in [0.25, 0.3) is 0 Å². The highest BCUT2D eigenvalue weighted by Crippen LogP contribution is 2.43. The molecule has 1 aliphatic rings. The molecule has 0 unspecified atom stereocenters. The molecule has 1 rings (SSSR count). The van der Waals surface area contributed by atoms with Crippen LogP contribution in [0.4, 0.5) is 8.78 Å². The predicted octanol–water partition coefficient (Wildman–Crippen LogP) is 4.19. The topological polar surface area (TPSA) is 37.3 Å². The largest absolute Gasteiger partial charge is 0.502 e. The van der Waals surface area contributed by atoms with Gasteiger partial charge in [-0.15, -0.1) is 0 Å². The molecule has 0 saturated carbocycles. The van der Waals surface area contributed by atoms with Gasteiger partial charge < -0.3 is 5.11 Å². The molecule has 0 aromatic rings. The molecule has 0 radical (unpaired) electrons. The van der Waals surface area contributed by atoms with Gasteiger partial charge in [0.15, 0.2) is 0 Å². The lowest BCUT2D eigenvalue weighted by Gasteiger charge is -2.44. The second-order valence-corrected chi connectivity index (χ2v) is 5.98. The average Bonchev–Trinajstić information content (AvgIpc) is 2.48. The minimum atomic E-state index is -3.66. The highest BCUT2D eigenvalue weighted by atomic mass is 19.3. The Morgan fingerprint density at radius 3 is 1.62 bits per heavy atom. The van der Waals surface area contributed by atoms with Crippen molar-refractivity contribution in [2.24, 2.45) is 0 Å². The highest BCUT2D eigenvalue weighted by Gasteiger charge is 2.65. The van der Waals surface area contributed by atoms with Gasteiger partial charge in [0.1, 0.15) is 0 Å². The number of halogens is 2. The predicted molar refractivity (Wildman–Crippen MR) is 79.2 cm³/mol. The van der Waals surface area contributed by atoms with Gasteiger partial charge in [0.05, 0.1) is 19.6 Å². The van der Waals surface area contributed by atoms with Crippen LogP contribution in [-0.4, -0.2) is 40.9 Å². The van der Waals surface area contributed by atoms with E-state index < -0.39 is 17.5 Å². The van der Waals surface area contributed by atoms with Crippen LogP contribution in [0, 0.1) is 0 Å². The Morgan fingerprint density at radius 1 is 0.952 bits per heavy atom. The number of aliphatic hydroxyl groups is 1. The minimum absolute atomic E-state index is 0.0321. The smallest absolute Gasteiger partial charge is 0.377 e. The van der Waals surface area contributed by atoms with Crippen LogP contribution in [0.5, 0.6) is 0 Å². The lowest BCUT2D eigenvalue weighted by atomic mass is 9.91. The van der Waals surface area contributed by atoms with Gasteiger partial charge in [-0.1, -0.05) is 40.0 Å². The summed E-state index contributed by atoms with van der Waals surface area (Å²) in [4.78, 5) is 11.8. The van der Waals surface area contributed by atoms with Gasteiger partial charge in [-0.3, -0.25) is 9.28 Å². The average molecular weight is 304 g/mol. The molecule has 5 heteroatoms. The Balaban J connectivity index is 3.14. The molecule has 0 heterocycles. The number of unbranched alkanes of at least 4 members (excludes halogenated alkanes) is 3. The second-order valence-electron chi connectivity index (χ2n) is 5.98. The second kappa shape index (κ2) is 7.34. The summed E-state index contributed by atoms with van der Waals surface area (Å²) in [7, 11) is 0. The molecule has 0 saturated heterocycles. The lowest BCUT2D eigenvalue weighted by Crippen LogP contribution is -2.60. The number of rotatable bonds is 10. The third-order valence-electron chi connectivity index (χ3n) is 4.32. The quantitative estimate of drug-likeness (QED) is 0.614. The van der Waals surface area contributed by atoms with Gasteiger partial charge in [0.25, 0.3) is 5.78 Å². The molecule has 122 valence electrons. The fourth-order valence-corrected chi connectivity index (χ4v) is 2.94. The van der Waals surface area contributed by atoms with E-state index in [1.165, 1.54) is 0 Å². The van der Waals surface area contributed by atoms with Crippen molar-refractivity contribution in [2.45, 2.75) is 65.2 Å². The van der Waals surface area contributed by atoms with Crippen LogP contribution in [0.1, 0.15) is 59.3 Å². The maximum absolute atomic E-state index is 13.4. The van der Waals surface area contributed by atoms with Gasteiger partial charge in [-0.2, -0.15) is 8.78 Å². The number of allylic oxidation sites excluding steroid dienone is 2. The van der Waals surface area contributed by atoms with Crippen LogP contribution in [0.2, 0.25) is 0 Å². The van der Waals surface area contributed by atoms with Crippen molar-refractivity contribution in [3.05, 3.63) is 11.5 Å². The van der Waals surface area contributed by atoms with Gasteiger partial charge in [0, 0.05) is 0 Å². The highest BCUT2D eigenvalue weighted by molar-refractivity contribution is 6.08. The number of alkyl halides is 2. The molecule has 0 aromatic carbocycles.